The van der Waals surface area contributed by atoms with E-state index in [9.17, 15) is 18.0 Å². The molecule has 11 heteroatoms. The van der Waals surface area contributed by atoms with Gasteiger partial charge in [0, 0.05) is 24.0 Å². The molecule has 0 unspecified atom stereocenters. The van der Waals surface area contributed by atoms with Gasteiger partial charge in [0.05, 0.1) is 50.4 Å². The number of ether oxygens (including phenoxy) is 6. The summed E-state index contributed by atoms with van der Waals surface area (Å²) in [6, 6.07) is 24.2. The van der Waals surface area contributed by atoms with Crippen molar-refractivity contribution < 1.29 is 46.4 Å². The molecule has 0 saturated heterocycles. The molecule has 0 spiro atoms. The molecule has 0 N–H and O–H groups in total. The summed E-state index contributed by atoms with van der Waals surface area (Å²) in [4.78, 5) is 23.3. The molecule has 268 valence electrons. The minimum Gasteiger partial charge on any atom is -0.493 e. The lowest BCUT2D eigenvalue weighted by molar-refractivity contribution is -0.140. The number of methoxy groups -OCH3 is 2. The van der Waals surface area contributed by atoms with Gasteiger partial charge in [-0.1, -0.05) is 49.6 Å². The minimum atomic E-state index is -3.79. The van der Waals surface area contributed by atoms with Crippen LogP contribution in [0.5, 0.6) is 23.0 Å². The molecular formula is C40H42O10S. The molecule has 0 saturated carbocycles. The number of benzene rings is 4. The van der Waals surface area contributed by atoms with Gasteiger partial charge < -0.3 is 28.4 Å². The van der Waals surface area contributed by atoms with E-state index in [0.717, 1.165) is 22.3 Å². The van der Waals surface area contributed by atoms with Crippen molar-refractivity contribution in [2.45, 2.75) is 36.5 Å². The summed E-state index contributed by atoms with van der Waals surface area (Å²) in [7, 11) is -0.707. The topological polar surface area (TPSA) is 124 Å². The fraction of sp³-hybridized carbons (Fsp3) is 0.250. The summed E-state index contributed by atoms with van der Waals surface area (Å²) < 4.78 is 59.9. The summed E-state index contributed by atoms with van der Waals surface area (Å²) in [5.41, 5.74) is 3.92. The van der Waals surface area contributed by atoms with Gasteiger partial charge in [-0.05, 0) is 84.6 Å². The van der Waals surface area contributed by atoms with Crippen LogP contribution in [0, 0.1) is 0 Å². The SMILES string of the molecule is C=C(C)C(=O)OCCCOc1ccc(-c2ccc(S(=O)(=O)c3ccc(-c4ccc(OCCCOC(=O)C(=C)C)c(OC)c4)cc3)cc2)cc1OC. The third-order valence-electron chi connectivity index (χ3n) is 7.58. The van der Waals surface area contributed by atoms with E-state index in [4.69, 9.17) is 28.4 Å². The number of esters is 2. The standard InChI is InChI=1S/C40H42O10S/c1-27(2)39(41)49-23-7-21-47-35-19-13-31(25-37(35)45-5)29-9-15-33(16-10-29)51(43,44)34-17-11-30(12-18-34)32-14-20-36(38(26-32)46-6)48-22-8-24-50-40(42)28(3)4/h9-20,25-26H,1,3,7-8,21-24H2,2,4-6H3. The quantitative estimate of drug-likeness (QED) is 0.0577. The number of carbonyl (C=O) groups is 2. The molecule has 0 atom stereocenters. The summed E-state index contributed by atoms with van der Waals surface area (Å²) in [5.74, 6) is 1.23. The predicted molar refractivity (Wildman–Crippen MR) is 194 cm³/mol. The van der Waals surface area contributed by atoms with Crippen LogP contribution in [0.4, 0.5) is 0 Å². The van der Waals surface area contributed by atoms with E-state index in [-0.39, 0.29) is 23.0 Å². The smallest absolute Gasteiger partial charge is 0.333 e. The molecule has 0 bridgehead atoms. The molecule has 0 heterocycles. The van der Waals surface area contributed by atoms with E-state index in [1.54, 1.807) is 88.7 Å². The van der Waals surface area contributed by atoms with Gasteiger partial charge >= 0.3 is 11.9 Å². The van der Waals surface area contributed by atoms with Gasteiger partial charge in [0.2, 0.25) is 9.84 Å². The average molecular weight is 715 g/mol. The Labute approximate surface area is 299 Å². The molecule has 4 rings (SSSR count). The summed E-state index contributed by atoms with van der Waals surface area (Å²) in [6.45, 7) is 11.4. The van der Waals surface area contributed by atoms with Crippen molar-refractivity contribution in [2.24, 2.45) is 0 Å². The highest BCUT2D eigenvalue weighted by atomic mass is 32.2. The maximum absolute atomic E-state index is 13.5. The van der Waals surface area contributed by atoms with Crippen LogP contribution in [-0.4, -0.2) is 61.0 Å². The zero-order chi connectivity index (χ0) is 37.0. The fourth-order valence-electron chi connectivity index (χ4n) is 4.78. The van der Waals surface area contributed by atoms with Crippen LogP contribution in [-0.2, 0) is 28.9 Å². The fourth-order valence-corrected chi connectivity index (χ4v) is 6.04. The largest absolute Gasteiger partial charge is 0.493 e. The zero-order valence-corrected chi connectivity index (χ0v) is 30.0. The van der Waals surface area contributed by atoms with Crippen LogP contribution in [0.3, 0.4) is 0 Å². The first-order valence-corrected chi connectivity index (χ1v) is 17.7. The van der Waals surface area contributed by atoms with E-state index in [1.807, 2.05) is 24.3 Å². The lowest BCUT2D eigenvalue weighted by Gasteiger charge is -2.13. The average Bonchev–Trinajstić information content (AvgIpc) is 3.14. The molecule has 0 radical (unpaired) electrons. The normalized spacial score (nSPS) is 10.9. The van der Waals surface area contributed by atoms with Crippen molar-refractivity contribution in [3.63, 3.8) is 0 Å². The lowest BCUT2D eigenvalue weighted by atomic mass is 10.1. The molecule has 0 aliphatic carbocycles. The van der Waals surface area contributed by atoms with Crippen LogP contribution in [0.2, 0.25) is 0 Å². The maximum atomic E-state index is 13.5. The van der Waals surface area contributed by atoms with Gasteiger partial charge in [-0.2, -0.15) is 0 Å². The van der Waals surface area contributed by atoms with E-state index < -0.39 is 21.8 Å². The van der Waals surface area contributed by atoms with Gasteiger partial charge in [-0.3, -0.25) is 0 Å². The predicted octanol–water partition coefficient (Wildman–Crippen LogP) is 7.65. The van der Waals surface area contributed by atoms with Gasteiger partial charge in [-0.25, -0.2) is 18.0 Å². The Hall–Kier alpha value is -5.55. The first-order chi connectivity index (χ1) is 24.4. The number of carbonyl (C=O) groups excluding carboxylic acids is 2. The lowest BCUT2D eigenvalue weighted by Crippen LogP contribution is -2.09. The molecular weight excluding hydrogens is 672 g/mol. The Balaban J connectivity index is 1.38. The first kappa shape index (κ1) is 38.3. The van der Waals surface area contributed by atoms with E-state index >= 15 is 0 Å². The van der Waals surface area contributed by atoms with Crippen LogP contribution < -0.4 is 18.9 Å². The number of hydrogen-bond donors (Lipinski definition) is 0. The van der Waals surface area contributed by atoms with Crippen LogP contribution in [0.1, 0.15) is 26.7 Å². The second-order valence-corrected chi connectivity index (χ2v) is 13.5. The van der Waals surface area contributed by atoms with Gasteiger partial charge in [-0.15, -0.1) is 0 Å². The maximum Gasteiger partial charge on any atom is 0.333 e. The molecule has 0 aliphatic rings. The zero-order valence-electron chi connectivity index (χ0n) is 29.2. The van der Waals surface area contributed by atoms with Crippen molar-refractivity contribution in [1.82, 2.24) is 0 Å². The van der Waals surface area contributed by atoms with Crippen LogP contribution in [0.15, 0.2) is 119 Å². The Kier molecular flexibility index (Phi) is 13.4. The van der Waals surface area contributed by atoms with E-state index in [1.165, 1.54) is 0 Å². The first-order valence-electron chi connectivity index (χ1n) is 16.2. The molecule has 0 fully saturated rings. The second kappa shape index (κ2) is 17.9. The van der Waals surface area contributed by atoms with Crippen molar-refractivity contribution in [3.05, 3.63) is 109 Å². The van der Waals surface area contributed by atoms with E-state index in [2.05, 4.69) is 13.2 Å². The number of rotatable bonds is 18. The number of sulfone groups is 1. The Morgan fingerprint density at radius 3 is 1.22 bits per heavy atom. The Morgan fingerprint density at radius 2 is 0.882 bits per heavy atom. The third kappa shape index (κ3) is 10.2. The molecule has 51 heavy (non-hydrogen) atoms. The van der Waals surface area contributed by atoms with Crippen molar-refractivity contribution in [2.75, 3.05) is 40.6 Å². The van der Waals surface area contributed by atoms with Gasteiger partial charge in [0.1, 0.15) is 0 Å². The molecule has 10 nitrogen and oxygen atoms in total. The molecule has 4 aromatic carbocycles. The highest BCUT2D eigenvalue weighted by Crippen LogP contribution is 2.35. The van der Waals surface area contributed by atoms with Gasteiger partial charge in [0.15, 0.2) is 23.0 Å². The third-order valence-corrected chi connectivity index (χ3v) is 9.36. The molecule has 0 amide bonds. The van der Waals surface area contributed by atoms with Crippen LogP contribution in [0.25, 0.3) is 22.3 Å². The Morgan fingerprint density at radius 1 is 0.529 bits per heavy atom. The highest BCUT2D eigenvalue weighted by molar-refractivity contribution is 7.91. The second-order valence-electron chi connectivity index (χ2n) is 11.5. The monoisotopic (exact) mass is 714 g/mol. The molecule has 4 aromatic rings. The van der Waals surface area contributed by atoms with Crippen LogP contribution >= 0.6 is 0 Å². The summed E-state index contributed by atoms with van der Waals surface area (Å²) >= 11 is 0. The van der Waals surface area contributed by atoms with E-state index in [0.29, 0.717) is 60.2 Å². The highest BCUT2D eigenvalue weighted by Gasteiger charge is 2.19. The van der Waals surface area contributed by atoms with Gasteiger partial charge in [0.25, 0.3) is 0 Å². The minimum absolute atomic E-state index is 0.163. The van der Waals surface area contributed by atoms with Crippen molar-refractivity contribution >= 4 is 21.8 Å². The summed E-state index contributed by atoms with van der Waals surface area (Å²) in [6.07, 6.45) is 1.000. The Bertz CT molecular complexity index is 1830. The molecule has 0 aliphatic heterocycles. The van der Waals surface area contributed by atoms with Crippen molar-refractivity contribution in [3.8, 4) is 45.3 Å². The molecule has 0 aromatic heterocycles. The summed E-state index contributed by atoms with van der Waals surface area (Å²) in [5, 5.41) is 0. The van der Waals surface area contributed by atoms with Crippen molar-refractivity contribution in [1.29, 1.82) is 0 Å². The number of hydrogen-bond acceptors (Lipinski definition) is 10.